The Morgan fingerprint density at radius 2 is 0.591 bits per heavy atom. The van der Waals surface area contributed by atoms with Crippen molar-refractivity contribution in [3.05, 3.63) is 430 Å². The van der Waals surface area contributed by atoms with Gasteiger partial charge >= 0.3 is 0 Å². The number of fused-ring (bicyclic) bond motifs is 30. The van der Waals surface area contributed by atoms with Crippen molar-refractivity contribution in [2.24, 2.45) is 0 Å². The molecule has 137 heavy (non-hydrogen) atoms. The molecule has 1 aliphatic carbocycles. The average Bonchev–Trinajstić information content (AvgIpc) is 1.53. The fourth-order valence-electron chi connectivity index (χ4n) is 21.6. The highest BCUT2D eigenvalue weighted by atomic mass is 32.1. The molecule has 0 atom stereocenters. The minimum absolute atomic E-state index is 0.0434. The highest BCUT2D eigenvalue weighted by Gasteiger charge is 2.38. The average molecular weight is 1820 g/mol. The summed E-state index contributed by atoms with van der Waals surface area (Å²) in [6.07, 6.45) is 0. The van der Waals surface area contributed by atoms with Gasteiger partial charge in [-0.05, 0) is 138 Å². The van der Waals surface area contributed by atoms with Crippen LogP contribution >= 0.6 is 45.3 Å². The van der Waals surface area contributed by atoms with Gasteiger partial charge in [0, 0.05) is 166 Å². The molecule has 11 heterocycles. The van der Waals surface area contributed by atoms with Crippen LogP contribution in [0.2, 0.25) is 0 Å². The topological polar surface area (TPSA) is 105 Å². The van der Waals surface area contributed by atoms with Gasteiger partial charge < -0.3 is 18.1 Å². The van der Waals surface area contributed by atoms with Gasteiger partial charge in [0.05, 0.1) is 50.2 Å². The molecule has 0 bridgehead atoms. The summed E-state index contributed by atoms with van der Waals surface area (Å²) in [4.78, 5) is 33.9. The van der Waals surface area contributed by atoms with Crippen molar-refractivity contribution in [3.8, 4) is 96.1 Å². The summed E-state index contributed by atoms with van der Waals surface area (Å²) < 4.78 is 19.8. The summed E-state index contributed by atoms with van der Waals surface area (Å²) in [5.41, 5.74) is 26.9. The Kier molecular flexibility index (Phi) is 18.0. The first-order valence-electron chi connectivity index (χ1n) is 46.1. The van der Waals surface area contributed by atoms with E-state index in [1.165, 1.54) is 127 Å². The molecule has 14 heteroatoms. The molecule has 0 amide bonds. The fraction of sp³-hybridized carbons (Fsp3) is 0.0244. The largest absolute Gasteiger partial charge is 0.456 e. The summed E-state index contributed by atoms with van der Waals surface area (Å²) in [6.45, 7) is 4.71. The Labute approximate surface area is 800 Å². The third-order valence-electron chi connectivity index (χ3n) is 27.7. The molecule has 0 N–H and O–H groups in total. The Morgan fingerprint density at radius 1 is 0.219 bits per heavy atom. The van der Waals surface area contributed by atoms with Crippen LogP contribution in [0.15, 0.2) is 423 Å². The summed E-state index contributed by atoms with van der Waals surface area (Å²) in [7, 11) is 0. The van der Waals surface area contributed by atoms with E-state index in [0.29, 0.717) is 0 Å². The van der Waals surface area contributed by atoms with Crippen LogP contribution in [-0.4, -0.2) is 43.6 Å². The first-order chi connectivity index (χ1) is 67.7. The lowest BCUT2D eigenvalue weighted by Gasteiger charge is -2.21. The number of benzene rings is 18. The molecular weight excluding hydrogens is 1750 g/mol. The lowest BCUT2D eigenvalue weighted by molar-refractivity contribution is 0.661. The molecule has 0 fully saturated rings. The highest BCUT2D eigenvalue weighted by molar-refractivity contribution is 7.27. The molecule has 18 aromatic carbocycles. The van der Waals surface area contributed by atoms with Gasteiger partial charge in [0.15, 0.2) is 17.5 Å². The van der Waals surface area contributed by atoms with Gasteiger partial charge in [-0.3, -0.25) is 0 Å². The van der Waals surface area contributed by atoms with Gasteiger partial charge in [-0.25, -0.2) is 29.9 Å². The minimum atomic E-state index is -0.0434. The van der Waals surface area contributed by atoms with Crippen molar-refractivity contribution in [1.29, 1.82) is 0 Å². The predicted molar refractivity (Wildman–Crippen MR) is 578 cm³/mol. The zero-order valence-electron chi connectivity index (χ0n) is 73.9. The van der Waals surface area contributed by atoms with Crippen molar-refractivity contribution in [3.63, 3.8) is 0 Å². The maximum atomic E-state index is 6.29. The molecular formula is C123H75N9OS4. The lowest BCUT2D eigenvalue weighted by Crippen LogP contribution is -2.14. The third kappa shape index (κ3) is 12.4. The van der Waals surface area contributed by atoms with Gasteiger partial charge in [0.25, 0.3) is 0 Å². The van der Waals surface area contributed by atoms with Crippen LogP contribution in [0.1, 0.15) is 25.0 Å². The first-order valence-corrected chi connectivity index (χ1v) is 49.4. The summed E-state index contributed by atoms with van der Waals surface area (Å²) in [6, 6.07) is 149. The van der Waals surface area contributed by atoms with Gasteiger partial charge in [0.2, 0.25) is 0 Å². The zero-order chi connectivity index (χ0) is 90.2. The molecule has 0 radical (unpaired) electrons. The standard InChI is InChI=1S/C43H29N3S.C40H23N3OS.C40H23N3S2/c1-43(2)32-17-9-6-14-29(32)37-33(43)24-25-35-38(37)30-15-7-10-18-34(30)46(35)28-22-20-26(21-23-28)40-39-31-16-8-11-19-36(31)47-42(39)45-41(44-40)27-12-4-3-5-13-27;1-2-11-24(12-3-1)39-41-38(37-29-17-6-9-20-34(29)45-40(37)42-39)25-13-10-14-26(23-25)43-30-18-7-4-15-27(30)35-31(43)21-22-33-36(35)28-16-5-8-19-32(28)44-33;1-2-11-24(12-3-1)39-41-38(37-29-17-6-9-20-33(29)45-40(37)42-39)25-13-10-14-26(23-25)43-30-18-7-4-15-27(30)35-31(43)21-22-34-36(35)28-16-5-8-19-32(28)44-34/h3-25H,1-2H3;2*1-23H. The summed E-state index contributed by atoms with van der Waals surface area (Å²) >= 11 is 7.06. The molecule has 0 aliphatic heterocycles. The van der Waals surface area contributed by atoms with Gasteiger partial charge in [-0.1, -0.05) is 317 Å². The van der Waals surface area contributed by atoms with E-state index in [-0.39, 0.29) is 5.41 Å². The minimum Gasteiger partial charge on any atom is -0.456 e. The van der Waals surface area contributed by atoms with Crippen molar-refractivity contribution in [2.75, 3.05) is 0 Å². The molecule has 10 nitrogen and oxygen atoms in total. The molecule has 0 saturated carbocycles. The number of rotatable bonds is 9. The SMILES string of the molecule is CC1(C)c2ccccc2-c2c1ccc1c2c2ccccc2n1-c1ccc(-c2nc(-c3ccccc3)nc3sc4ccccc4c23)cc1.c1ccc(-c2nc(-c3cccc(-n4c5ccccc5c5c6c(ccc54)oc4ccccc46)c3)c3c(n2)sc2ccccc23)cc1.c1ccc(-c2nc(-c3cccc(-n4c5ccccc5c5c6c(ccc54)sc4ccccc46)c3)c3c(n2)sc2ccccc23)cc1. The molecule has 642 valence electrons. The van der Waals surface area contributed by atoms with E-state index in [2.05, 4.69) is 379 Å². The van der Waals surface area contributed by atoms with Crippen LogP contribution in [-0.2, 0) is 5.41 Å². The number of aromatic nitrogens is 9. The van der Waals surface area contributed by atoms with E-state index in [1.807, 2.05) is 78.1 Å². The van der Waals surface area contributed by atoms with Crippen molar-refractivity contribution in [2.45, 2.75) is 19.3 Å². The van der Waals surface area contributed by atoms with Crippen LogP contribution in [0.3, 0.4) is 0 Å². The molecule has 11 aromatic heterocycles. The van der Waals surface area contributed by atoms with E-state index < -0.39 is 0 Å². The number of hydrogen-bond donors (Lipinski definition) is 0. The van der Waals surface area contributed by atoms with Crippen molar-refractivity contribution >= 4 is 214 Å². The van der Waals surface area contributed by atoms with Crippen LogP contribution in [0.25, 0.3) is 265 Å². The Morgan fingerprint density at radius 3 is 1.09 bits per heavy atom. The number of hydrogen-bond acceptors (Lipinski definition) is 11. The first kappa shape index (κ1) is 78.9. The molecule has 1 aliphatic rings. The number of para-hydroxylation sites is 4. The number of thiophene rings is 4. The molecule has 0 unspecified atom stereocenters. The van der Waals surface area contributed by atoms with E-state index in [1.54, 1.807) is 34.0 Å². The Balaban J connectivity index is 0.000000102. The second kappa shape index (κ2) is 31.2. The van der Waals surface area contributed by atoms with E-state index in [0.717, 1.165) is 149 Å². The van der Waals surface area contributed by atoms with E-state index in [9.17, 15) is 0 Å². The van der Waals surface area contributed by atoms with Gasteiger partial charge in [0.1, 0.15) is 25.7 Å². The summed E-state index contributed by atoms with van der Waals surface area (Å²) in [5.74, 6) is 2.24. The smallest absolute Gasteiger partial charge is 0.161 e. The lowest BCUT2D eigenvalue weighted by atomic mass is 9.82. The molecule has 29 aromatic rings. The Bertz CT molecular complexity index is 9670. The van der Waals surface area contributed by atoms with Crippen LogP contribution < -0.4 is 0 Å². The Hall–Kier alpha value is -16.7. The van der Waals surface area contributed by atoms with Crippen molar-refractivity contribution < 1.29 is 4.42 Å². The monoisotopic (exact) mass is 1820 g/mol. The normalized spacial score (nSPS) is 12.5. The second-order valence-electron chi connectivity index (χ2n) is 35.7. The maximum Gasteiger partial charge on any atom is 0.161 e. The van der Waals surface area contributed by atoms with Crippen molar-refractivity contribution in [1.82, 2.24) is 43.6 Å². The van der Waals surface area contributed by atoms with Crippen LogP contribution in [0.5, 0.6) is 0 Å². The second-order valence-corrected chi connectivity index (χ2v) is 39.9. The third-order valence-corrected chi connectivity index (χ3v) is 32.0. The zero-order valence-corrected chi connectivity index (χ0v) is 77.2. The van der Waals surface area contributed by atoms with E-state index in [4.69, 9.17) is 34.3 Å². The van der Waals surface area contributed by atoms with Crippen LogP contribution in [0, 0.1) is 0 Å². The quantitative estimate of drug-likeness (QED) is 0.142. The highest BCUT2D eigenvalue weighted by Crippen LogP contribution is 2.55. The maximum absolute atomic E-state index is 6.29. The molecule has 30 rings (SSSR count). The summed E-state index contributed by atoms with van der Waals surface area (Å²) in [5, 5.41) is 19.5. The number of nitrogens with zero attached hydrogens (tertiary/aromatic N) is 9. The predicted octanol–water partition coefficient (Wildman–Crippen LogP) is 34.4. The van der Waals surface area contributed by atoms with E-state index >= 15 is 0 Å². The van der Waals surface area contributed by atoms with Gasteiger partial charge in [-0.2, -0.15) is 0 Å². The fourth-order valence-corrected chi connectivity index (χ4v) is 26.0. The number of furan rings is 1. The molecule has 0 saturated heterocycles. The van der Waals surface area contributed by atoms with Gasteiger partial charge in [-0.15, -0.1) is 45.3 Å². The van der Waals surface area contributed by atoms with Crippen LogP contribution in [0.4, 0.5) is 0 Å². The molecule has 0 spiro atoms.